The second kappa shape index (κ2) is 2.80. The van der Waals surface area contributed by atoms with Gasteiger partial charge in [0, 0.05) is 5.02 Å². The number of benzene rings is 1. The van der Waals surface area contributed by atoms with Crippen molar-refractivity contribution in [2.24, 2.45) is 0 Å². The Bertz CT molecular complexity index is 271. The van der Waals surface area contributed by atoms with E-state index < -0.39 is 0 Å². The Hall–Kier alpha value is -0.600. The number of nitrogens with two attached hydrogens (primary N) is 2. The average Bonchev–Trinajstić information content (AvgIpc) is 1.97. The maximum atomic E-state index is 5.77. The van der Waals surface area contributed by atoms with Crippen LogP contribution in [0.4, 0.5) is 11.4 Å². The minimum atomic E-state index is 0.397. The zero-order chi connectivity index (χ0) is 8.59. The summed E-state index contributed by atoms with van der Waals surface area (Å²) in [7, 11) is 0. The van der Waals surface area contributed by atoms with Crippen molar-refractivity contribution in [3.63, 3.8) is 0 Å². The highest BCUT2D eigenvalue weighted by atomic mass is 35.5. The maximum absolute atomic E-state index is 5.77. The van der Waals surface area contributed by atoms with Gasteiger partial charge in [-0.1, -0.05) is 23.2 Å². The lowest BCUT2D eigenvalue weighted by molar-refractivity contribution is 1.47. The third kappa shape index (κ3) is 1.37. The first-order valence-electron chi connectivity index (χ1n) is 3.03. The lowest BCUT2D eigenvalue weighted by Crippen LogP contribution is -1.98. The van der Waals surface area contributed by atoms with Crippen LogP contribution in [0.5, 0.6) is 0 Å². The highest BCUT2D eigenvalue weighted by molar-refractivity contribution is 6.37. The lowest BCUT2D eigenvalue weighted by atomic mass is 10.2. The SMILES string of the molecule is Cc1c(Cl)cc(Cl)c(N)c1N. The van der Waals surface area contributed by atoms with Crippen molar-refractivity contribution in [1.29, 1.82) is 0 Å². The Balaban J connectivity index is 3.46. The summed E-state index contributed by atoms with van der Waals surface area (Å²) in [6.45, 7) is 1.80. The summed E-state index contributed by atoms with van der Waals surface area (Å²) < 4.78 is 0. The second-order valence-electron chi connectivity index (χ2n) is 2.29. The van der Waals surface area contributed by atoms with Gasteiger partial charge in [-0.2, -0.15) is 0 Å². The first-order valence-corrected chi connectivity index (χ1v) is 3.79. The number of hydrogen-bond acceptors (Lipinski definition) is 2. The maximum Gasteiger partial charge on any atom is 0.0740 e. The molecule has 0 amide bonds. The second-order valence-corrected chi connectivity index (χ2v) is 3.11. The Morgan fingerprint density at radius 2 is 1.64 bits per heavy atom. The molecule has 0 fully saturated rings. The fourth-order valence-corrected chi connectivity index (χ4v) is 1.23. The van der Waals surface area contributed by atoms with Crippen LogP contribution in [0, 0.1) is 6.92 Å². The molecule has 0 bridgehead atoms. The summed E-state index contributed by atoms with van der Waals surface area (Å²) in [5.74, 6) is 0. The molecule has 0 aliphatic heterocycles. The number of rotatable bonds is 0. The summed E-state index contributed by atoms with van der Waals surface area (Å²) in [4.78, 5) is 0. The van der Waals surface area contributed by atoms with E-state index in [9.17, 15) is 0 Å². The van der Waals surface area contributed by atoms with E-state index in [1.165, 1.54) is 0 Å². The minimum Gasteiger partial charge on any atom is -0.397 e. The summed E-state index contributed by atoms with van der Waals surface area (Å²) >= 11 is 11.5. The Morgan fingerprint density at radius 3 is 2.18 bits per heavy atom. The van der Waals surface area contributed by atoms with Gasteiger partial charge in [0.2, 0.25) is 0 Å². The first kappa shape index (κ1) is 8.50. The monoisotopic (exact) mass is 190 g/mol. The summed E-state index contributed by atoms with van der Waals surface area (Å²) in [5, 5.41) is 0.944. The van der Waals surface area contributed by atoms with Gasteiger partial charge in [0.1, 0.15) is 0 Å². The molecule has 1 aromatic carbocycles. The predicted octanol–water partition coefficient (Wildman–Crippen LogP) is 2.47. The third-order valence-electron chi connectivity index (χ3n) is 1.56. The van der Waals surface area contributed by atoms with Gasteiger partial charge in [-0.3, -0.25) is 0 Å². The van der Waals surface area contributed by atoms with Gasteiger partial charge in [-0.15, -0.1) is 0 Å². The van der Waals surface area contributed by atoms with E-state index in [0.717, 1.165) is 5.56 Å². The van der Waals surface area contributed by atoms with Crippen LogP contribution < -0.4 is 11.5 Å². The topological polar surface area (TPSA) is 52.0 Å². The number of nitrogen functional groups attached to an aromatic ring is 2. The predicted molar refractivity (Wildman–Crippen MR) is 50.0 cm³/mol. The number of anilines is 2. The van der Waals surface area contributed by atoms with Gasteiger partial charge in [0.15, 0.2) is 0 Å². The van der Waals surface area contributed by atoms with Crippen LogP contribution in [0.2, 0.25) is 10.0 Å². The molecule has 0 heterocycles. The molecule has 0 unspecified atom stereocenters. The van der Waals surface area contributed by atoms with Gasteiger partial charge >= 0.3 is 0 Å². The van der Waals surface area contributed by atoms with Crippen molar-refractivity contribution in [3.8, 4) is 0 Å². The van der Waals surface area contributed by atoms with Crippen LogP contribution in [0.25, 0.3) is 0 Å². The van der Waals surface area contributed by atoms with Crippen molar-refractivity contribution >= 4 is 34.6 Å². The number of hydrogen-bond donors (Lipinski definition) is 2. The highest BCUT2D eigenvalue weighted by Crippen LogP contribution is 2.33. The minimum absolute atomic E-state index is 0.397. The van der Waals surface area contributed by atoms with Crippen LogP contribution in [0.3, 0.4) is 0 Å². The van der Waals surface area contributed by atoms with Crippen LogP contribution in [0.1, 0.15) is 5.56 Å². The van der Waals surface area contributed by atoms with Crippen molar-refractivity contribution in [2.45, 2.75) is 6.92 Å². The van der Waals surface area contributed by atoms with Crippen LogP contribution in [-0.2, 0) is 0 Å². The first-order chi connectivity index (χ1) is 5.04. The Labute approximate surface area is 75.1 Å². The molecule has 0 aromatic heterocycles. The van der Waals surface area contributed by atoms with E-state index in [0.29, 0.717) is 21.4 Å². The van der Waals surface area contributed by atoms with E-state index in [1.807, 2.05) is 0 Å². The quantitative estimate of drug-likeness (QED) is 0.618. The molecule has 0 saturated carbocycles. The van der Waals surface area contributed by atoms with Crippen molar-refractivity contribution in [2.75, 3.05) is 11.5 Å². The molecule has 2 nitrogen and oxygen atoms in total. The zero-order valence-electron chi connectivity index (χ0n) is 5.99. The molecule has 4 N–H and O–H groups in total. The molecule has 4 heteroatoms. The molecule has 1 rings (SSSR count). The largest absolute Gasteiger partial charge is 0.397 e. The molecule has 0 spiro atoms. The fraction of sp³-hybridized carbons (Fsp3) is 0.143. The molecule has 0 aliphatic rings. The molecular weight excluding hydrogens is 183 g/mol. The van der Waals surface area contributed by atoms with Gasteiger partial charge in [-0.25, -0.2) is 0 Å². The Kier molecular flexibility index (Phi) is 2.16. The van der Waals surface area contributed by atoms with Crippen LogP contribution in [0.15, 0.2) is 6.07 Å². The fourth-order valence-electron chi connectivity index (χ4n) is 0.757. The van der Waals surface area contributed by atoms with Gasteiger partial charge in [-0.05, 0) is 18.6 Å². The highest BCUT2D eigenvalue weighted by Gasteiger charge is 2.07. The van der Waals surface area contributed by atoms with E-state index >= 15 is 0 Å². The van der Waals surface area contributed by atoms with E-state index in [4.69, 9.17) is 34.7 Å². The van der Waals surface area contributed by atoms with E-state index in [1.54, 1.807) is 13.0 Å². The third-order valence-corrected chi connectivity index (χ3v) is 2.27. The lowest BCUT2D eigenvalue weighted by Gasteiger charge is -2.07. The van der Waals surface area contributed by atoms with E-state index in [2.05, 4.69) is 0 Å². The molecule has 11 heavy (non-hydrogen) atoms. The van der Waals surface area contributed by atoms with Crippen LogP contribution >= 0.6 is 23.2 Å². The van der Waals surface area contributed by atoms with Gasteiger partial charge in [0.05, 0.1) is 16.4 Å². The van der Waals surface area contributed by atoms with Crippen LogP contribution in [-0.4, -0.2) is 0 Å². The molecule has 1 aromatic rings. The normalized spacial score (nSPS) is 10.1. The van der Waals surface area contributed by atoms with Crippen molar-refractivity contribution in [1.82, 2.24) is 0 Å². The smallest absolute Gasteiger partial charge is 0.0740 e. The molecule has 0 radical (unpaired) electrons. The summed E-state index contributed by atoms with van der Waals surface area (Å²) in [6.07, 6.45) is 0. The molecule has 0 aliphatic carbocycles. The zero-order valence-corrected chi connectivity index (χ0v) is 7.50. The molecule has 0 atom stereocenters. The molecule has 0 saturated heterocycles. The summed E-state index contributed by atoms with van der Waals surface area (Å²) in [6, 6.07) is 1.59. The Morgan fingerprint density at radius 1 is 1.09 bits per heavy atom. The van der Waals surface area contributed by atoms with Gasteiger partial charge in [0.25, 0.3) is 0 Å². The molecule has 60 valence electrons. The number of halogens is 2. The van der Waals surface area contributed by atoms with E-state index in [-0.39, 0.29) is 0 Å². The van der Waals surface area contributed by atoms with Crippen molar-refractivity contribution < 1.29 is 0 Å². The standard InChI is InChI=1S/C7H8Cl2N2/c1-3-4(8)2-5(9)7(11)6(3)10/h2H,10-11H2,1H3. The molecular formula is C7H8Cl2N2. The average molecular weight is 191 g/mol. The van der Waals surface area contributed by atoms with Gasteiger partial charge < -0.3 is 11.5 Å². The summed E-state index contributed by atoms with van der Waals surface area (Å²) in [5.41, 5.74) is 12.8. The van der Waals surface area contributed by atoms with Crippen molar-refractivity contribution in [3.05, 3.63) is 21.7 Å².